The van der Waals surface area contributed by atoms with Gasteiger partial charge in [0.15, 0.2) is 5.03 Å². The van der Waals surface area contributed by atoms with E-state index in [9.17, 15) is 8.42 Å². The quantitative estimate of drug-likeness (QED) is 0.828. The number of aromatic nitrogens is 1. The van der Waals surface area contributed by atoms with E-state index in [4.69, 9.17) is 0 Å². The molecule has 0 amide bonds. The summed E-state index contributed by atoms with van der Waals surface area (Å²) in [5.74, 6) is 0. The lowest BCUT2D eigenvalue weighted by atomic mass is 9.76. The summed E-state index contributed by atoms with van der Waals surface area (Å²) in [6, 6.07) is 3.36. The van der Waals surface area contributed by atoms with Crippen molar-refractivity contribution in [2.45, 2.75) is 49.7 Å². The molecule has 6 heteroatoms. The summed E-state index contributed by atoms with van der Waals surface area (Å²) in [6.45, 7) is 2.70. The molecule has 0 aromatic carbocycles. The van der Waals surface area contributed by atoms with Crippen molar-refractivity contribution in [2.24, 2.45) is 0 Å². The van der Waals surface area contributed by atoms with E-state index >= 15 is 0 Å². The molecule has 5 nitrogen and oxygen atoms in total. The van der Waals surface area contributed by atoms with Crippen LogP contribution in [0.15, 0.2) is 23.4 Å². The molecular formula is C13H21N3O2S. The van der Waals surface area contributed by atoms with E-state index < -0.39 is 10.0 Å². The van der Waals surface area contributed by atoms with Gasteiger partial charge in [-0.15, -0.1) is 0 Å². The predicted molar refractivity (Wildman–Crippen MR) is 74.2 cm³/mol. The van der Waals surface area contributed by atoms with Gasteiger partial charge < -0.3 is 5.32 Å². The van der Waals surface area contributed by atoms with E-state index in [1.54, 1.807) is 18.3 Å². The van der Waals surface area contributed by atoms with E-state index in [1.165, 1.54) is 0 Å². The Labute approximate surface area is 114 Å². The molecule has 0 aliphatic heterocycles. The lowest BCUT2D eigenvalue weighted by molar-refractivity contribution is 0.213. The van der Waals surface area contributed by atoms with Crippen LogP contribution in [0.4, 0.5) is 0 Å². The second-order valence-corrected chi connectivity index (χ2v) is 6.76. The Hall–Kier alpha value is -0.980. The highest BCUT2D eigenvalue weighted by Crippen LogP contribution is 2.35. The maximum Gasteiger partial charge on any atom is 0.258 e. The molecule has 1 aliphatic rings. The van der Waals surface area contributed by atoms with E-state index in [0.29, 0.717) is 6.54 Å². The first-order chi connectivity index (χ1) is 9.01. The molecule has 1 aliphatic carbocycles. The van der Waals surface area contributed by atoms with Crippen LogP contribution in [0.1, 0.15) is 38.2 Å². The van der Waals surface area contributed by atoms with E-state index in [0.717, 1.165) is 31.2 Å². The number of nitrogens with one attached hydrogen (secondary N) is 2. The SMILES string of the molecule is CCC1(NS(=O)(=O)c2ccc(CNC)cn2)CCC1. The van der Waals surface area contributed by atoms with Crippen LogP contribution >= 0.6 is 0 Å². The second kappa shape index (κ2) is 5.56. The molecule has 0 saturated heterocycles. The zero-order chi connectivity index (χ0) is 13.9. The average molecular weight is 283 g/mol. The molecular weight excluding hydrogens is 262 g/mol. The van der Waals surface area contributed by atoms with Crippen LogP contribution in [-0.2, 0) is 16.6 Å². The van der Waals surface area contributed by atoms with Gasteiger partial charge in [-0.25, -0.2) is 18.1 Å². The second-order valence-electron chi connectivity index (χ2n) is 5.13. The summed E-state index contributed by atoms with van der Waals surface area (Å²) >= 11 is 0. The van der Waals surface area contributed by atoms with Crippen molar-refractivity contribution >= 4 is 10.0 Å². The number of nitrogens with zero attached hydrogens (tertiary/aromatic N) is 1. The topological polar surface area (TPSA) is 71.1 Å². The molecule has 1 saturated carbocycles. The van der Waals surface area contributed by atoms with Gasteiger partial charge in [0.05, 0.1) is 0 Å². The normalized spacial score (nSPS) is 18.0. The third kappa shape index (κ3) is 3.13. The lowest BCUT2D eigenvalue weighted by Crippen LogP contribution is -2.52. The summed E-state index contributed by atoms with van der Waals surface area (Å²) in [5.41, 5.74) is 0.722. The van der Waals surface area contributed by atoms with E-state index in [-0.39, 0.29) is 10.6 Å². The summed E-state index contributed by atoms with van der Waals surface area (Å²) in [4.78, 5) is 4.06. The van der Waals surface area contributed by atoms with Crippen LogP contribution < -0.4 is 10.0 Å². The Morgan fingerprint density at radius 3 is 2.53 bits per heavy atom. The number of hydrogen-bond donors (Lipinski definition) is 2. The zero-order valence-corrected chi connectivity index (χ0v) is 12.3. The standard InChI is InChI=1S/C13H21N3O2S/c1-3-13(7-4-8-13)16-19(17,18)12-6-5-11(9-14-2)10-15-12/h5-6,10,14,16H,3-4,7-9H2,1-2H3. The Bertz CT molecular complexity index is 516. The molecule has 0 atom stereocenters. The first-order valence-electron chi connectivity index (χ1n) is 6.65. The van der Waals surface area contributed by atoms with Gasteiger partial charge in [0.25, 0.3) is 10.0 Å². The molecule has 0 radical (unpaired) electrons. The minimum atomic E-state index is -3.50. The molecule has 0 spiro atoms. The third-order valence-corrected chi connectivity index (χ3v) is 5.29. The highest BCUT2D eigenvalue weighted by molar-refractivity contribution is 7.89. The van der Waals surface area contributed by atoms with Gasteiger partial charge in [0.1, 0.15) is 0 Å². The molecule has 1 aromatic rings. The van der Waals surface area contributed by atoms with Crippen LogP contribution in [0, 0.1) is 0 Å². The van der Waals surface area contributed by atoms with Crippen molar-refractivity contribution in [1.82, 2.24) is 15.0 Å². The molecule has 2 N–H and O–H groups in total. The first-order valence-corrected chi connectivity index (χ1v) is 8.13. The van der Waals surface area contributed by atoms with Crippen molar-refractivity contribution in [1.29, 1.82) is 0 Å². The fraction of sp³-hybridized carbons (Fsp3) is 0.615. The maximum absolute atomic E-state index is 12.3. The fourth-order valence-electron chi connectivity index (χ4n) is 2.35. The van der Waals surface area contributed by atoms with Crippen LogP contribution in [0.2, 0.25) is 0 Å². The minimum Gasteiger partial charge on any atom is -0.316 e. The van der Waals surface area contributed by atoms with Gasteiger partial charge in [0, 0.05) is 18.3 Å². The summed E-state index contributed by atoms with van der Waals surface area (Å²) < 4.78 is 27.4. The molecule has 2 rings (SSSR count). The summed E-state index contributed by atoms with van der Waals surface area (Å²) in [6.07, 6.45) is 5.35. The Balaban J connectivity index is 2.15. The largest absolute Gasteiger partial charge is 0.316 e. The van der Waals surface area contributed by atoms with Gasteiger partial charge >= 0.3 is 0 Å². The molecule has 1 fully saturated rings. The highest BCUT2D eigenvalue weighted by atomic mass is 32.2. The predicted octanol–water partition coefficient (Wildman–Crippen LogP) is 1.41. The Morgan fingerprint density at radius 1 is 1.37 bits per heavy atom. The molecule has 1 aromatic heterocycles. The van der Waals surface area contributed by atoms with Crippen molar-refractivity contribution < 1.29 is 8.42 Å². The van der Waals surface area contributed by atoms with Crippen molar-refractivity contribution in [3.05, 3.63) is 23.9 Å². The van der Waals surface area contributed by atoms with Crippen LogP contribution in [0.25, 0.3) is 0 Å². The lowest BCUT2D eigenvalue weighted by Gasteiger charge is -2.41. The number of rotatable bonds is 6. The van der Waals surface area contributed by atoms with Crippen molar-refractivity contribution in [2.75, 3.05) is 7.05 Å². The zero-order valence-electron chi connectivity index (χ0n) is 11.4. The fourth-order valence-corrected chi connectivity index (χ4v) is 3.81. The van der Waals surface area contributed by atoms with Gasteiger partial charge in [-0.3, -0.25) is 0 Å². The molecule has 0 bridgehead atoms. The Morgan fingerprint density at radius 2 is 2.11 bits per heavy atom. The monoisotopic (exact) mass is 283 g/mol. The van der Waals surface area contributed by atoms with Gasteiger partial charge in [0.2, 0.25) is 0 Å². The van der Waals surface area contributed by atoms with Gasteiger partial charge in [-0.05, 0) is 44.4 Å². The molecule has 106 valence electrons. The van der Waals surface area contributed by atoms with Crippen molar-refractivity contribution in [3.8, 4) is 0 Å². The Kier molecular flexibility index (Phi) is 4.23. The van der Waals surface area contributed by atoms with Crippen molar-refractivity contribution in [3.63, 3.8) is 0 Å². The third-order valence-electron chi connectivity index (χ3n) is 3.79. The van der Waals surface area contributed by atoms with Crippen LogP contribution in [0.3, 0.4) is 0 Å². The average Bonchev–Trinajstić information content (AvgIpc) is 2.35. The number of hydrogen-bond acceptors (Lipinski definition) is 4. The number of sulfonamides is 1. The summed E-state index contributed by atoms with van der Waals surface area (Å²) in [7, 11) is -1.66. The number of pyridine rings is 1. The molecule has 0 unspecified atom stereocenters. The highest BCUT2D eigenvalue weighted by Gasteiger charge is 2.39. The smallest absolute Gasteiger partial charge is 0.258 e. The summed E-state index contributed by atoms with van der Waals surface area (Å²) in [5, 5.41) is 3.11. The van der Waals surface area contributed by atoms with Gasteiger partial charge in [-0.2, -0.15) is 0 Å². The molecule has 1 heterocycles. The molecule has 19 heavy (non-hydrogen) atoms. The van der Waals surface area contributed by atoms with E-state index in [2.05, 4.69) is 15.0 Å². The minimum absolute atomic E-state index is 0.104. The first kappa shape index (κ1) is 14.4. The maximum atomic E-state index is 12.3. The van der Waals surface area contributed by atoms with Gasteiger partial charge in [-0.1, -0.05) is 13.0 Å². The van der Waals surface area contributed by atoms with Crippen LogP contribution in [-0.4, -0.2) is 26.0 Å². The van der Waals surface area contributed by atoms with Crippen LogP contribution in [0.5, 0.6) is 0 Å². The van der Waals surface area contributed by atoms with E-state index in [1.807, 2.05) is 14.0 Å².